The van der Waals surface area contributed by atoms with E-state index in [9.17, 15) is 8.78 Å². The van der Waals surface area contributed by atoms with Crippen LogP contribution < -0.4 is 4.74 Å². The van der Waals surface area contributed by atoms with Gasteiger partial charge in [0.15, 0.2) is 11.6 Å². The van der Waals surface area contributed by atoms with Gasteiger partial charge in [0.25, 0.3) is 0 Å². The van der Waals surface area contributed by atoms with Crippen LogP contribution in [-0.2, 0) is 0 Å². The maximum atomic E-state index is 14.6. The molecule has 0 heterocycles. The number of hydrogen-bond donors (Lipinski definition) is 0. The molecule has 0 radical (unpaired) electrons. The van der Waals surface area contributed by atoms with E-state index in [1.807, 2.05) is 0 Å². The van der Waals surface area contributed by atoms with Gasteiger partial charge in [0.1, 0.15) is 0 Å². The lowest BCUT2D eigenvalue weighted by atomic mass is 9.70. The zero-order valence-electron chi connectivity index (χ0n) is 18.3. The standard InChI is InChI=1S/C26H38F2O/c1-3-5-6-17-11-12-23-20(17)13-14-21(23)18-7-9-19(10-8-18)22-15-16-24(29-4-2)26(28)25(22)27/h15-21,23H,3-14H2,1-2H3. The molecule has 3 aliphatic rings. The highest BCUT2D eigenvalue weighted by molar-refractivity contribution is 5.33. The summed E-state index contributed by atoms with van der Waals surface area (Å²) in [5.41, 5.74) is 0.564. The normalized spacial score (nSPS) is 34.3. The Morgan fingerprint density at radius 3 is 2.28 bits per heavy atom. The van der Waals surface area contributed by atoms with Crippen LogP contribution in [0.4, 0.5) is 8.78 Å². The first-order chi connectivity index (χ1) is 14.1. The fourth-order valence-corrected chi connectivity index (χ4v) is 7.16. The molecule has 0 saturated heterocycles. The predicted octanol–water partition coefficient (Wildman–Crippen LogP) is 7.88. The molecule has 0 N–H and O–H groups in total. The van der Waals surface area contributed by atoms with E-state index in [1.165, 1.54) is 57.8 Å². The first-order valence-corrected chi connectivity index (χ1v) is 12.2. The Balaban J connectivity index is 1.35. The van der Waals surface area contributed by atoms with Crippen molar-refractivity contribution in [2.75, 3.05) is 6.61 Å². The van der Waals surface area contributed by atoms with Crippen molar-refractivity contribution in [2.45, 2.75) is 90.4 Å². The smallest absolute Gasteiger partial charge is 0.200 e. The summed E-state index contributed by atoms with van der Waals surface area (Å²) >= 11 is 0. The summed E-state index contributed by atoms with van der Waals surface area (Å²) in [6, 6.07) is 3.37. The molecule has 0 aromatic heterocycles. The van der Waals surface area contributed by atoms with Crippen molar-refractivity contribution in [3.8, 4) is 5.75 Å². The van der Waals surface area contributed by atoms with Gasteiger partial charge in [0.05, 0.1) is 6.61 Å². The highest BCUT2D eigenvalue weighted by Crippen LogP contribution is 2.56. The molecule has 3 heteroatoms. The van der Waals surface area contributed by atoms with Crippen LogP contribution in [-0.4, -0.2) is 6.61 Å². The van der Waals surface area contributed by atoms with E-state index in [0.29, 0.717) is 12.2 Å². The predicted molar refractivity (Wildman–Crippen MR) is 114 cm³/mol. The topological polar surface area (TPSA) is 9.23 Å². The highest BCUT2D eigenvalue weighted by Gasteiger charge is 2.47. The number of unbranched alkanes of at least 4 members (excludes halogenated alkanes) is 1. The van der Waals surface area contributed by atoms with E-state index in [1.54, 1.807) is 19.1 Å². The molecule has 0 amide bonds. The fourth-order valence-electron chi connectivity index (χ4n) is 7.16. The lowest BCUT2D eigenvalue weighted by Crippen LogP contribution is -2.25. The van der Waals surface area contributed by atoms with Crippen LogP contribution in [0.2, 0.25) is 0 Å². The van der Waals surface area contributed by atoms with Crippen molar-refractivity contribution in [1.29, 1.82) is 0 Å². The second-order valence-corrected chi connectivity index (χ2v) is 9.87. The Morgan fingerprint density at radius 1 is 0.828 bits per heavy atom. The second-order valence-electron chi connectivity index (χ2n) is 9.87. The third kappa shape index (κ3) is 4.21. The molecule has 162 valence electrons. The minimum Gasteiger partial charge on any atom is -0.491 e. The molecule has 3 saturated carbocycles. The van der Waals surface area contributed by atoms with Gasteiger partial charge in [0, 0.05) is 0 Å². The molecular formula is C26H38F2O. The molecular weight excluding hydrogens is 366 g/mol. The lowest BCUT2D eigenvalue weighted by Gasteiger charge is -2.35. The van der Waals surface area contributed by atoms with E-state index in [-0.39, 0.29) is 11.7 Å². The van der Waals surface area contributed by atoms with Gasteiger partial charge in [-0.1, -0.05) is 32.3 Å². The summed E-state index contributed by atoms with van der Waals surface area (Å²) in [4.78, 5) is 0. The van der Waals surface area contributed by atoms with Crippen LogP contribution >= 0.6 is 0 Å². The Bertz CT molecular complexity index is 680. The van der Waals surface area contributed by atoms with E-state index < -0.39 is 11.6 Å². The summed E-state index contributed by atoms with van der Waals surface area (Å²) in [5, 5.41) is 0. The molecule has 4 unspecified atom stereocenters. The molecule has 1 nitrogen and oxygen atoms in total. The average Bonchev–Trinajstić information content (AvgIpc) is 3.33. The Kier molecular flexibility index (Phi) is 6.81. The lowest BCUT2D eigenvalue weighted by molar-refractivity contribution is 0.177. The quantitative estimate of drug-likeness (QED) is 0.449. The number of rotatable bonds is 7. The summed E-state index contributed by atoms with van der Waals surface area (Å²) in [6.45, 7) is 4.45. The first kappa shape index (κ1) is 21.1. The second kappa shape index (κ2) is 9.35. The average molecular weight is 405 g/mol. The number of fused-ring (bicyclic) bond motifs is 1. The molecule has 1 aromatic carbocycles. The van der Waals surface area contributed by atoms with Crippen LogP contribution in [0.5, 0.6) is 5.75 Å². The third-order valence-corrected chi connectivity index (χ3v) is 8.53. The molecule has 3 aliphatic carbocycles. The van der Waals surface area contributed by atoms with Gasteiger partial charge in [0.2, 0.25) is 5.82 Å². The van der Waals surface area contributed by atoms with E-state index >= 15 is 0 Å². The van der Waals surface area contributed by atoms with Gasteiger partial charge in [-0.05, 0) is 105 Å². The van der Waals surface area contributed by atoms with Gasteiger partial charge in [-0.2, -0.15) is 4.39 Å². The summed E-state index contributed by atoms with van der Waals surface area (Å²) in [7, 11) is 0. The molecule has 0 bridgehead atoms. The fraction of sp³-hybridized carbons (Fsp3) is 0.769. The molecule has 1 aromatic rings. The van der Waals surface area contributed by atoms with Gasteiger partial charge >= 0.3 is 0 Å². The number of hydrogen-bond acceptors (Lipinski definition) is 1. The van der Waals surface area contributed by atoms with Gasteiger partial charge < -0.3 is 4.74 Å². The summed E-state index contributed by atoms with van der Waals surface area (Å²) < 4.78 is 34.1. The van der Waals surface area contributed by atoms with Crippen molar-refractivity contribution in [1.82, 2.24) is 0 Å². The van der Waals surface area contributed by atoms with E-state index in [2.05, 4.69) is 6.92 Å². The Labute approximate surface area is 175 Å². The summed E-state index contributed by atoms with van der Waals surface area (Å²) in [5.74, 6) is 3.34. The Morgan fingerprint density at radius 2 is 1.55 bits per heavy atom. The van der Waals surface area contributed by atoms with Crippen LogP contribution in [0, 0.1) is 41.2 Å². The van der Waals surface area contributed by atoms with Gasteiger partial charge in [-0.15, -0.1) is 0 Å². The van der Waals surface area contributed by atoms with E-state index in [4.69, 9.17) is 4.74 Å². The molecule has 29 heavy (non-hydrogen) atoms. The van der Waals surface area contributed by atoms with Gasteiger partial charge in [-0.25, -0.2) is 4.39 Å². The van der Waals surface area contributed by atoms with Crippen molar-refractivity contribution in [3.63, 3.8) is 0 Å². The van der Waals surface area contributed by atoms with Crippen molar-refractivity contribution in [3.05, 3.63) is 29.3 Å². The number of ether oxygens (including phenoxy) is 1. The monoisotopic (exact) mass is 404 g/mol. The molecule has 0 spiro atoms. The van der Waals surface area contributed by atoms with Crippen LogP contribution in [0.25, 0.3) is 0 Å². The Hall–Kier alpha value is -1.12. The maximum absolute atomic E-state index is 14.6. The molecule has 3 fully saturated rings. The third-order valence-electron chi connectivity index (χ3n) is 8.53. The van der Waals surface area contributed by atoms with Crippen molar-refractivity contribution < 1.29 is 13.5 Å². The van der Waals surface area contributed by atoms with Crippen molar-refractivity contribution >= 4 is 0 Å². The maximum Gasteiger partial charge on any atom is 0.200 e. The zero-order valence-corrected chi connectivity index (χ0v) is 18.3. The number of benzene rings is 1. The molecule has 0 aliphatic heterocycles. The van der Waals surface area contributed by atoms with Gasteiger partial charge in [-0.3, -0.25) is 0 Å². The highest BCUT2D eigenvalue weighted by atomic mass is 19.2. The minimum absolute atomic E-state index is 0.0401. The largest absolute Gasteiger partial charge is 0.491 e. The molecule has 4 rings (SSSR count). The van der Waals surface area contributed by atoms with Crippen LogP contribution in [0.15, 0.2) is 12.1 Å². The van der Waals surface area contributed by atoms with Crippen molar-refractivity contribution in [2.24, 2.45) is 29.6 Å². The summed E-state index contributed by atoms with van der Waals surface area (Å²) in [6.07, 6.45) is 14.3. The molecule has 4 atom stereocenters. The minimum atomic E-state index is -0.811. The number of halogens is 2. The van der Waals surface area contributed by atoms with E-state index in [0.717, 1.165) is 42.4 Å². The zero-order chi connectivity index (χ0) is 20.4. The van der Waals surface area contributed by atoms with Crippen LogP contribution in [0.3, 0.4) is 0 Å². The first-order valence-electron chi connectivity index (χ1n) is 12.2. The van der Waals surface area contributed by atoms with Crippen LogP contribution in [0.1, 0.15) is 96.0 Å². The SMILES string of the molecule is CCCCC1CCC2C(C3CCC(c4ccc(OCC)c(F)c4F)CC3)CCC12.